The second-order valence-corrected chi connectivity index (χ2v) is 10.9. The minimum atomic E-state index is -2.91. The highest BCUT2D eigenvalue weighted by Gasteiger charge is 2.25. The van der Waals surface area contributed by atoms with Crippen molar-refractivity contribution in [3.05, 3.63) is 53.8 Å². The number of nitrogens with zero attached hydrogens (tertiary/aromatic N) is 2. The lowest BCUT2D eigenvalue weighted by Crippen LogP contribution is -2.07. The number of aromatic nitrogens is 2. The van der Waals surface area contributed by atoms with E-state index in [-0.39, 0.29) is 5.03 Å². The molecule has 0 saturated carbocycles. The fourth-order valence-electron chi connectivity index (χ4n) is 2.30. The summed E-state index contributed by atoms with van der Waals surface area (Å²) in [7, 11) is -4.19. The van der Waals surface area contributed by atoms with Crippen molar-refractivity contribution in [2.24, 2.45) is 0 Å². The Labute approximate surface area is 164 Å². The topological polar surface area (TPSA) is 59.9 Å². The van der Waals surface area contributed by atoms with Crippen LogP contribution in [0.15, 0.2) is 62.9 Å². The highest BCUT2D eigenvalue weighted by Crippen LogP contribution is 2.35. The van der Waals surface area contributed by atoms with Crippen LogP contribution in [0.3, 0.4) is 0 Å². The normalized spacial score (nSPS) is 14.7. The van der Waals surface area contributed by atoms with Crippen molar-refractivity contribution >= 4 is 49.1 Å². The van der Waals surface area contributed by atoms with Gasteiger partial charge in [0.25, 0.3) is 0 Å². The number of thiazole rings is 1. The number of pyridine rings is 1. The quantitative estimate of drug-likeness (QED) is 0.546. The maximum atomic E-state index is 13.5. The lowest BCUT2D eigenvalue weighted by atomic mass is 10.3. The van der Waals surface area contributed by atoms with Crippen LogP contribution in [-0.4, -0.2) is 30.0 Å². The zero-order chi connectivity index (χ0) is 18.7. The van der Waals surface area contributed by atoms with E-state index in [2.05, 4.69) is 15.8 Å². The zero-order valence-electron chi connectivity index (χ0n) is 14.1. The Bertz CT molecular complexity index is 1030. The van der Waals surface area contributed by atoms with Crippen molar-refractivity contribution in [2.75, 3.05) is 5.75 Å². The lowest BCUT2D eigenvalue weighted by Gasteiger charge is -2.09. The summed E-state index contributed by atoms with van der Waals surface area (Å²) >= 11 is 7.22. The van der Waals surface area contributed by atoms with Gasteiger partial charge in [0.05, 0.1) is 10.8 Å². The summed E-state index contributed by atoms with van der Waals surface area (Å²) < 4.78 is 26.8. The monoisotopic (exact) mass is 424 g/mol. The van der Waals surface area contributed by atoms with Crippen molar-refractivity contribution in [3.8, 4) is 10.6 Å². The molecule has 2 aromatic heterocycles. The van der Waals surface area contributed by atoms with Crippen LogP contribution in [0.5, 0.6) is 0 Å². The van der Waals surface area contributed by atoms with Gasteiger partial charge in [0.15, 0.2) is 5.03 Å². The zero-order valence-corrected chi connectivity index (χ0v) is 17.3. The number of rotatable bonds is 6. The third-order valence-electron chi connectivity index (χ3n) is 3.58. The highest BCUT2D eigenvalue weighted by atomic mass is 35.5. The molecule has 0 bridgehead atoms. The van der Waals surface area contributed by atoms with E-state index in [1.54, 1.807) is 42.7 Å². The van der Waals surface area contributed by atoms with Gasteiger partial charge >= 0.3 is 0 Å². The van der Waals surface area contributed by atoms with Gasteiger partial charge in [-0.25, -0.2) is 4.98 Å². The van der Waals surface area contributed by atoms with E-state index in [0.717, 1.165) is 12.0 Å². The standard InChI is InChI=1S/C18H17ClN2O2S3/c1-3-11-25(22)18-17(21-16(24-18)13-5-4-10-20-12-13)26(2,23)15-8-6-14(19)7-9-15/h4-10,12H,2-3,11H2,1H3. The Kier molecular flexibility index (Phi) is 5.92. The molecule has 136 valence electrons. The van der Waals surface area contributed by atoms with Crippen molar-refractivity contribution in [1.82, 2.24) is 9.97 Å². The van der Waals surface area contributed by atoms with Gasteiger partial charge in [-0.05, 0) is 48.7 Å². The molecule has 0 radical (unpaired) electrons. The van der Waals surface area contributed by atoms with Crippen LogP contribution in [0.4, 0.5) is 0 Å². The molecule has 0 saturated heterocycles. The Balaban J connectivity index is 2.17. The number of halogens is 1. The van der Waals surface area contributed by atoms with E-state index in [9.17, 15) is 8.42 Å². The van der Waals surface area contributed by atoms with Crippen LogP contribution in [0.25, 0.3) is 10.6 Å². The van der Waals surface area contributed by atoms with Crippen LogP contribution in [-0.2, 0) is 20.3 Å². The molecule has 3 aromatic rings. The number of hydrogen-bond acceptors (Lipinski definition) is 5. The van der Waals surface area contributed by atoms with Crippen LogP contribution in [0.2, 0.25) is 5.02 Å². The predicted octanol–water partition coefficient (Wildman–Crippen LogP) is 4.51. The molecular weight excluding hydrogens is 408 g/mol. The maximum Gasteiger partial charge on any atom is 0.151 e. The first-order chi connectivity index (χ1) is 12.4. The maximum absolute atomic E-state index is 13.5. The first-order valence-electron chi connectivity index (χ1n) is 7.86. The predicted molar refractivity (Wildman–Crippen MR) is 110 cm³/mol. The Morgan fingerprint density at radius 3 is 2.62 bits per heavy atom. The molecule has 0 aliphatic heterocycles. The van der Waals surface area contributed by atoms with Gasteiger partial charge in [-0.3, -0.25) is 13.4 Å². The molecule has 8 heteroatoms. The summed E-state index contributed by atoms with van der Waals surface area (Å²) in [6, 6.07) is 10.4. The van der Waals surface area contributed by atoms with E-state index in [0.29, 0.717) is 24.9 Å². The second kappa shape index (κ2) is 8.00. The fraction of sp³-hybridized carbons (Fsp3) is 0.167. The first-order valence-corrected chi connectivity index (χ1v) is 12.1. The summed E-state index contributed by atoms with van der Waals surface area (Å²) in [5.41, 5.74) is 0.796. The molecule has 0 N–H and O–H groups in total. The summed E-state index contributed by atoms with van der Waals surface area (Å²) in [4.78, 5) is 9.18. The first kappa shape index (κ1) is 19.2. The Morgan fingerprint density at radius 1 is 1.27 bits per heavy atom. The average molecular weight is 425 g/mol. The third-order valence-corrected chi connectivity index (χ3v) is 9.14. The van der Waals surface area contributed by atoms with Crippen LogP contribution >= 0.6 is 22.9 Å². The summed E-state index contributed by atoms with van der Waals surface area (Å²) in [5.74, 6) is 4.41. The Morgan fingerprint density at radius 2 is 2.00 bits per heavy atom. The van der Waals surface area contributed by atoms with Gasteiger partial charge < -0.3 is 0 Å². The number of hydrogen-bond donors (Lipinski definition) is 0. The second-order valence-electron chi connectivity index (χ2n) is 5.53. The van der Waals surface area contributed by atoms with Gasteiger partial charge in [-0.15, -0.1) is 11.3 Å². The van der Waals surface area contributed by atoms with Crippen molar-refractivity contribution < 1.29 is 8.42 Å². The largest absolute Gasteiger partial charge is 0.264 e. The molecule has 0 aliphatic rings. The van der Waals surface area contributed by atoms with Crippen molar-refractivity contribution in [1.29, 1.82) is 0 Å². The smallest absolute Gasteiger partial charge is 0.151 e. The molecule has 4 nitrogen and oxygen atoms in total. The molecule has 2 heterocycles. The molecular formula is C18H17ClN2O2S3. The van der Waals surface area contributed by atoms with Gasteiger partial charge in [-0.2, -0.15) is 0 Å². The van der Waals surface area contributed by atoms with E-state index in [1.807, 2.05) is 13.0 Å². The van der Waals surface area contributed by atoms with E-state index >= 15 is 0 Å². The van der Waals surface area contributed by atoms with Crippen molar-refractivity contribution in [2.45, 2.75) is 27.5 Å². The molecule has 0 aliphatic carbocycles. The minimum Gasteiger partial charge on any atom is -0.264 e. The lowest BCUT2D eigenvalue weighted by molar-refractivity contribution is 0.671. The molecule has 0 spiro atoms. The highest BCUT2D eigenvalue weighted by molar-refractivity contribution is 8.01. The van der Waals surface area contributed by atoms with Crippen LogP contribution in [0.1, 0.15) is 13.3 Å². The van der Waals surface area contributed by atoms with Crippen molar-refractivity contribution in [3.63, 3.8) is 0 Å². The molecule has 2 unspecified atom stereocenters. The summed E-state index contributed by atoms with van der Waals surface area (Å²) in [6.45, 7) is 1.96. The molecule has 0 amide bonds. The van der Waals surface area contributed by atoms with E-state index < -0.39 is 20.3 Å². The molecule has 3 rings (SSSR count). The average Bonchev–Trinajstić information content (AvgIpc) is 3.09. The molecule has 1 aromatic carbocycles. The minimum absolute atomic E-state index is 0.287. The van der Waals surface area contributed by atoms with E-state index in [1.165, 1.54) is 11.3 Å². The molecule has 2 atom stereocenters. The number of benzene rings is 1. The van der Waals surface area contributed by atoms with Crippen LogP contribution in [0, 0.1) is 0 Å². The van der Waals surface area contributed by atoms with E-state index in [4.69, 9.17) is 11.6 Å². The summed E-state index contributed by atoms with van der Waals surface area (Å²) in [6.07, 6.45) is 4.11. The van der Waals surface area contributed by atoms with Gasteiger partial charge in [0.2, 0.25) is 0 Å². The third kappa shape index (κ3) is 3.91. The van der Waals surface area contributed by atoms with Gasteiger partial charge in [-0.1, -0.05) is 18.5 Å². The SMILES string of the molecule is C=S(=O)(c1ccc(Cl)cc1)c1nc(-c2cccnc2)sc1S(=O)CCC. The van der Waals surface area contributed by atoms with Gasteiger partial charge in [0.1, 0.15) is 9.22 Å². The fourth-order valence-corrected chi connectivity index (χ4v) is 7.34. The molecule has 0 fully saturated rings. The Hall–Kier alpha value is -1.54. The summed E-state index contributed by atoms with van der Waals surface area (Å²) in [5, 5.41) is 1.47. The van der Waals surface area contributed by atoms with Crippen LogP contribution < -0.4 is 0 Å². The van der Waals surface area contributed by atoms with Gasteiger partial charge in [0, 0.05) is 43.1 Å². The molecule has 26 heavy (non-hydrogen) atoms.